The number of hydrogen-bond donors (Lipinski definition) is 3. The zero-order valence-corrected chi connectivity index (χ0v) is 14.9. The number of aromatic nitrogens is 2. The summed E-state index contributed by atoms with van der Waals surface area (Å²) in [6.45, 7) is 6.35. The normalized spacial score (nSPS) is 16.4. The van der Waals surface area contributed by atoms with Crippen molar-refractivity contribution in [3.8, 4) is 0 Å². The van der Waals surface area contributed by atoms with Crippen molar-refractivity contribution in [2.45, 2.75) is 32.2 Å². The molecular weight excluding hydrogens is 312 g/mol. The van der Waals surface area contributed by atoms with Crippen LogP contribution in [0.2, 0.25) is 0 Å². The summed E-state index contributed by atoms with van der Waals surface area (Å²) in [5, 5.41) is 6.74. The SMILES string of the molecule is CC(Nc1ncnc(NCCN2CCCCC2)c1N)c1ccccc1. The first-order chi connectivity index (χ1) is 12.2. The van der Waals surface area contributed by atoms with Crippen LogP contribution < -0.4 is 16.4 Å². The van der Waals surface area contributed by atoms with Crippen LogP contribution in [0.3, 0.4) is 0 Å². The smallest absolute Gasteiger partial charge is 0.155 e. The van der Waals surface area contributed by atoms with Crippen LogP contribution in [0.25, 0.3) is 0 Å². The van der Waals surface area contributed by atoms with Gasteiger partial charge in [-0.15, -0.1) is 0 Å². The van der Waals surface area contributed by atoms with Gasteiger partial charge in [0.25, 0.3) is 0 Å². The van der Waals surface area contributed by atoms with E-state index < -0.39 is 0 Å². The van der Waals surface area contributed by atoms with Crippen molar-refractivity contribution >= 4 is 17.3 Å². The van der Waals surface area contributed by atoms with Gasteiger partial charge in [-0.05, 0) is 38.4 Å². The molecule has 4 N–H and O–H groups in total. The van der Waals surface area contributed by atoms with Gasteiger partial charge in [-0.25, -0.2) is 9.97 Å². The molecule has 2 heterocycles. The summed E-state index contributed by atoms with van der Waals surface area (Å²) < 4.78 is 0. The fourth-order valence-corrected chi connectivity index (χ4v) is 3.20. The third-order valence-corrected chi connectivity index (χ3v) is 4.71. The highest BCUT2D eigenvalue weighted by Gasteiger charge is 2.13. The summed E-state index contributed by atoms with van der Waals surface area (Å²) in [7, 11) is 0. The Kier molecular flexibility index (Phi) is 6.06. The third-order valence-electron chi connectivity index (χ3n) is 4.71. The molecule has 134 valence electrons. The van der Waals surface area contributed by atoms with E-state index in [9.17, 15) is 0 Å². The molecule has 1 unspecified atom stereocenters. The lowest BCUT2D eigenvalue weighted by molar-refractivity contribution is 0.237. The number of nitrogen functional groups attached to an aromatic ring is 1. The first-order valence-electron chi connectivity index (χ1n) is 9.12. The van der Waals surface area contributed by atoms with Crippen LogP contribution in [0.5, 0.6) is 0 Å². The number of nitrogens with two attached hydrogens (primary N) is 1. The van der Waals surface area contributed by atoms with Crippen LogP contribution in [0.1, 0.15) is 37.8 Å². The molecule has 25 heavy (non-hydrogen) atoms. The second-order valence-corrected chi connectivity index (χ2v) is 6.59. The average molecular weight is 340 g/mol. The van der Waals surface area contributed by atoms with Crippen LogP contribution in [0.15, 0.2) is 36.7 Å². The van der Waals surface area contributed by atoms with Crippen LogP contribution in [-0.4, -0.2) is 41.0 Å². The van der Waals surface area contributed by atoms with Crippen LogP contribution >= 0.6 is 0 Å². The number of piperidine rings is 1. The molecule has 6 heteroatoms. The molecule has 3 rings (SSSR count). The molecule has 1 atom stereocenters. The molecule has 0 spiro atoms. The van der Waals surface area contributed by atoms with E-state index in [0.29, 0.717) is 17.3 Å². The van der Waals surface area contributed by atoms with Gasteiger partial charge in [-0.2, -0.15) is 0 Å². The minimum atomic E-state index is 0.125. The highest BCUT2D eigenvalue weighted by Crippen LogP contribution is 2.26. The zero-order chi connectivity index (χ0) is 17.5. The minimum absolute atomic E-state index is 0.125. The Morgan fingerprint density at radius 2 is 1.80 bits per heavy atom. The van der Waals surface area contributed by atoms with E-state index in [1.54, 1.807) is 6.33 Å². The topological polar surface area (TPSA) is 79.1 Å². The largest absolute Gasteiger partial charge is 0.393 e. The molecule has 0 aliphatic carbocycles. The molecule has 0 saturated carbocycles. The Bertz CT molecular complexity index is 654. The number of hydrogen-bond acceptors (Lipinski definition) is 6. The van der Waals surface area contributed by atoms with Crippen molar-refractivity contribution in [1.29, 1.82) is 0 Å². The number of likely N-dealkylation sites (tertiary alicyclic amines) is 1. The van der Waals surface area contributed by atoms with Crippen molar-refractivity contribution in [1.82, 2.24) is 14.9 Å². The lowest BCUT2D eigenvalue weighted by Gasteiger charge is -2.26. The van der Waals surface area contributed by atoms with Crippen molar-refractivity contribution in [3.63, 3.8) is 0 Å². The third kappa shape index (κ3) is 4.82. The van der Waals surface area contributed by atoms with E-state index >= 15 is 0 Å². The number of rotatable bonds is 7. The maximum atomic E-state index is 6.27. The van der Waals surface area contributed by atoms with E-state index in [1.165, 1.54) is 37.9 Å². The van der Waals surface area contributed by atoms with Crippen molar-refractivity contribution in [2.24, 2.45) is 0 Å². The van der Waals surface area contributed by atoms with Gasteiger partial charge in [-0.3, -0.25) is 0 Å². The summed E-state index contributed by atoms with van der Waals surface area (Å²) in [5.41, 5.74) is 8.03. The first-order valence-corrected chi connectivity index (χ1v) is 9.12. The highest BCUT2D eigenvalue weighted by atomic mass is 15.2. The minimum Gasteiger partial charge on any atom is -0.393 e. The van der Waals surface area contributed by atoms with Crippen molar-refractivity contribution in [2.75, 3.05) is 42.5 Å². The second-order valence-electron chi connectivity index (χ2n) is 6.59. The van der Waals surface area contributed by atoms with Gasteiger partial charge in [0.15, 0.2) is 11.6 Å². The predicted octanol–water partition coefficient (Wildman–Crippen LogP) is 3.13. The van der Waals surface area contributed by atoms with Gasteiger partial charge in [0, 0.05) is 13.1 Å². The lowest BCUT2D eigenvalue weighted by Crippen LogP contribution is -2.33. The molecular formula is C19H28N6. The summed E-state index contributed by atoms with van der Waals surface area (Å²) in [4.78, 5) is 11.1. The zero-order valence-electron chi connectivity index (χ0n) is 14.9. The number of benzene rings is 1. The Labute approximate surface area is 149 Å². The van der Waals surface area contributed by atoms with Gasteiger partial charge in [0.2, 0.25) is 0 Å². The van der Waals surface area contributed by atoms with Gasteiger partial charge >= 0.3 is 0 Å². The highest BCUT2D eigenvalue weighted by molar-refractivity contribution is 5.74. The molecule has 0 radical (unpaired) electrons. The first kappa shape index (κ1) is 17.5. The van der Waals surface area contributed by atoms with E-state index in [0.717, 1.165) is 13.1 Å². The van der Waals surface area contributed by atoms with Gasteiger partial charge in [-0.1, -0.05) is 36.8 Å². The maximum Gasteiger partial charge on any atom is 0.155 e. The van der Waals surface area contributed by atoms with Crippen LogP contribution in [-0.2, 0) is 0 Å². The standard InChI is InChI=1S/C19H28N6/c1-15(16-8-4-2-5-9-16)24-19-17(20)18(22-14-23-19)21-10-13-25-11-6-3-7-12-25/h2,4-5,8-9,14-15H,3,6-7,10-13,20H2,1H3,(H2,21,22,23,24). The Morgan fingerprint density at radius 3 is 2.56 bits per heavy atom. The molecule has 1 fully saturated rings. The quantitative estimate of drug-likeness (QED) is 0.719. The van der Waals surface area contributed by atoms with E-state index in [4.69, 9.17) is 5.73 Å². The molecule has 1 aromatic carbocycles. The van der Waals surface area contributed by atoms with Gasteiger partial charge < -0.3 is 21.3 Å². The predicted molar refractivity (Wildman–Crippen MR) is 104 cm³/mol. The fourth-order valence-electron chi connectivity index (χ4n) is 3.20. The van der Waals surface area contributed by atoms with Crippen molar-refractivity contribution in [3.05, 3.63) is 42.2 Å². The monoisotopic (exact) mass is 340 g/mol. The number of anilines is 3. The number of nitrogens with zero attached hydrogens (tertiary/aromatic N) is 3. The summed E-state index contributed by atoms with van der Waals surface area (Å²) in [6, 6.07) is 10.4. The van der Waals surface area contributed by atoms with E-state index in [1.807, 2.05) is 18.2 Å². The fraction of sp³-hybridized carbons (Fsp3) is 0.474. The van der Waals surface area contributed by atoms with Gasteiger partial charge in [0.1, 0.15) is 12.0 Å². The average Bonchev–Trinajstić information content (AvgIpc) is 2.66. The Morgan fingerprint density at radius 1 is 1.08 bits per heavy atom. The van der Waals surface area contributed by atoms with E-state index in [-0.39, 0.29) is 6.04 Å². The number of nitrogens with one attached hydrogen (secondary N) is 2. The molecule has 6 nitrogen and oxygen atoms in total. The molecule has 1 saturated heterocycles. The maximum absolute atomic E-state index is 6.27. The summed E-state index contributed by atoms with van der Waals surface area (Å²) in [6.07, 6.45) is 5.53. The van der Waals surface area contributed by atoms with Gasteiger partial charge in [0.05, 0.1) is 6.04 Å². The Balaban J connectivity index is 1.57. The molecule has 2 aromatic rings. The lowest BCUT2D eigenvalue weighted by atomic mass is 10.1. The molecule has 1 aromatic heterocycles. The van der Waals surface area contributed by atoms with Crippen molar-refractivity contribution < 1.29 is 0 Å². The molecule has 0 amide bonds. The van der Waals surface area contributed by atoms with E-state index in [2.05, 4.69) is 44.6 Å². The summed E-state index contributed by atoms with van der Waals surface area (Å²) >= 11 is 0. The molecule has 1 aliphatic rings. The van der Waals surface area contributed by atoms with Crippen LogP contribution in [0.4, 0.5) is 17.3 Å². The molecule has 1 aliphatic heterocycles. The Hall–Kier alpha value is -2.34. The summed E-state index contributed by atoms with van der Waals surface area (Å²) in [5.74, 6) is 1.38. The second kappa shape index (κ2) is 8.67. The molecule has 0 bridgehead atoms. The van der Waals surface area contributed by atoms with Crippen LogP contribution in [0, 0.1) is 0 Å².